The van der Waals surface area contributed by atoms with Gasteiger partial charge in [0, 0.05) is 36.1 Å². The zero-order valence-corrected chi connectivity index (χ0v) is 18.4. The Morgan fingerprint density at radius 2 is 1.90 bits per heavy atom. The zero-order valence-electron chi connectivity index (χ0n) is 18.4. The van der Waals surface area contributed by atoms with Crippen LogP contribution in [-0.4, -0.2) is 34.4 Å². The van der Waals surface area contributed by atoms with Crippen molar-refractivity contribution < 1.29 is 4.79 Å². The standard InChI is InChI=1S/C27H33N3O/c1-2-30(24-10-6-9-23(17-24)28-18-19-7-4-3-5-8-19)27(31)26-16-22-15-21(20-11-12-20)13-14-25(22)29-26/h3-5,7-8,13-16,20,23-24,28-29H,2,6,9-12,17-18H2,1H3. The van der Waals surface area contributed by atoms with Gasteiger partial charge in [-0.1, -0.05) is 36.4 Å². The molecule has 4 nitrogen and oxygen atoms in total. The highest BCUT2D eigenvalue weighted by atomic mass is 16.2. The van der Waals surface area contributed by atoms with Gasteiger partial charge in [0.25, 0.3) is 5.91 Å². The topological polar surface area (TPSA) is 48.1 Å². The van der Waals surface area contributed by atoms with Crippen LogP contribution in [0.3, 0.4) is 0 Å². The molecule has 2 aromatic carbocycles. The van der Waals surface area contributed by atoms with Crippen LogP contribution in [0.25, 0.3) is 10.9 Å². The maximum absolute atomic E-state index is 13.4. The summed E-state index contributed by atoms with van der Waals surface area (Å²) in [5.41, 5.74) is 4.52. The second-order valence-corrected chi connectivity index (χ2v) is 9.28. The smallest absolute Gasteiger partial charge is 0.270 e. The Morgan fingerprint density at radius 3 is 2.68 bits per heavy atom. The van der Waals surface area contributed by atoms with Crippen molar-refractivity contribution in [2.75, 3.05) is 6.54 Å². The third-order valence-electron chi connectivity index (χ3n) is 7.05. The van der Waals surface area contributed by atoms with Crippen molar-refractivity contribution in [1.82, 2.24) is 15.2 Å². The lowest BCUT2D eigenvalue weighted by atomic mass is 9.89. The molecule has 0 saturated heterocycles. The molecule has 0 bridgehead atoms. The molecule has 0 radical (unpaired) electrons. The van der Waals surface area contributed by atoms with Crippen LogP contribution in [0, 0.1) is 0 Å². The first-order valence-electron chi connectivity index (χ1n) is 11.9. The molecule has 1 aromatic heterocycles. The van der Waals surface area contributed by atoms with Crippen LogP contribution >= 0.6 is 0 Å². The lowest BCUT2D eigenvalue weighted by Crippen LogP contribution is -2.46. The summed E-state index contributed by atoms with van der Waals surface area (Å²) in [5.74, 6) is 0.869. The third-order valence-corrected chi connectivity index (χ3v) is 7.05. The van der Waals surface area contributed by atoms with Gasteiger partial charge in [0.15, 0.2) is 0 Å². The first-order chi connectivity index (χ1) is 15.2. The summed E-state index contributed by atoms with van der Waals surface area (Å²) in [5, 5.41) is 4.89. The van der Waals surface area contributed by atoms with Crippen molar-refractivity contribution in [3.63, 3.8) is 0 Å². The van der Waals surface area contributed by atoms with Gasteiger partial charge < -0.3 is 15.2 Å². The van der Waals surface area contributed by atoms with Gasteiger partial charge in [0.2, 0.25) is 0 Å². The summed E-state index contributed by atoms with van der Waals surface area (Å²) >= 11 is 0. The predicted octanol–water partition coefficient (Wildman–Crippen LogP) is 5.61. The molecule has 1 heterocycles. The summed E-state index contributed by atoms with van der Waals surface area (Å²) < 4.78 is 0. The van der Waals surface area contributed by atoms with Gasteiger partial charge in [0.05, 0.1) is 0 Å². The van der Waals surface area contributed by atoms with Gasteiger partial charge in [-0.2, -0.15) is 0 Å². The Labute approximate surface area is 185 Å². The molecule has 2 unspecified atom stereocenters. The van der Waals surface area contributed by atoms with Gasteiger partial charge in [-0.3, -0.25) is 4.79 Å². The van der Waals surface area contributed by atoms with E-state index in [1.165, 1.54) is 36.8 Å². The van der Waals surface area contributed by atoms with Crippen LogP contribution in [0.4, 0.5) is 0 Å². The van der Waals surface area contributed by atoms with Crippen molar-refractivity contribution in [1.29, 1.82) is 0 Å². The minimum absolute atomic E-state index is 0.139. The highest BCUT2D eigenvalue weighted by Crippen LogP contribution is 2.41. The lowest BCUT2D eigenvalue weighted by molar-refractivity contribution is 0.0623. The molecule has 2 aliphatic carbocycles. The van der Waals surface area contributed by atoms with E-state index in [9.17, 15) is 4.79 Å². The Balaban J connectivity index is 1.26. The highest BCUT2D eigenvalue weighted by molar-refractivity contribution is 5.98. The second kappa shape index (κ2) is 8.88. The molecular weight excluding hydrogens is 382 g/mol. The fourth-order valence-corrected chi connectivity index (χ4v) is 5.15. The average molecular weight is 416 g/mol. The number of aromatic nitrogens is 1. The van der Waals surface area contributed by atoms with E-state index >= 15 is 0 Å². The van der Waals surface area contributed by atoms with E-state index in [4.69, 9.17) is 0 Å². The molecular formula is C27H33N3O. The third kappa shape index (κ3) is 4.54. The number of H-pyrrole nitrogens is 1. The largest absolute Gasteiger partial charge is 0.351 e. The number of nitrogens with one attached hydrogen (secondary N) is 2. The van der Waals surface area contributed by atoms with Gasteiger partial charge in [0.1, 0.15) is 5.69 Å². The van der Waals surface area contributed by atoms with E-state index in [1.807, 2.05) is 0 Å². The van der Waals surface area contributed by atoms with Crippen LogP contribution in [-0.2, 0) is 6.54 Å². The molecule has 2 N–H and O–H groups in total. The number of hydrogen-bond donors (Lipinski definition) is 2. The van der Waals surface area contributed by atoms with Gasteiger partial charge in [-0.15, -0.1) is 0 Å². The summed E-state index contributed by atoms with van der Waals surface area (Å²) in [6.45, 7) is 3.74. The van der Waals surface area contributed by atoms with E-state index in [2.05, 4.69) is 76.7 Å². The monoisotopic (exact) mass is 415 g/mol. The predicted molar refractivity (Wildman–Crippen MR) is 126 cm³/mol. The molecule has 2 fully saturated rings. The summed E-state index contributed by atoms with van der Waals surface area (Å²) in [6.07, 6.45) is 7.07. The number of amides is 1. The van der Waals surface area contributed by atoms with E-state index in [-0.39, 0.29) is 5.91 Å². The van der Waals surface area contributed by atoms with Crippen molar-refractivity contribution in [3.8, 4) is 0 Å². The van der Waals surface area contributed by atoms with Gasteiger partial charge in [-0.05, 0) is 80.7 Å². The molecule has 162 valence electrons. The molecule has 0 spiro atoms. The summed E-state index contributed by atoms with van der Waals surface area (Å²) in [7, 11) is 0. The number of carbonyl (C=O) groups excluding carboxylic acids is 1. The first kappa shape index (κ1) is 20.3. The number of aromatic amines is 1. The molecule has 1 amide bonds. The molecule has 4 heteroatoms. The molecule has 2 atom stereocenters. The van der Waals surface area contributed by atoms with E-state index in [0.717, 1.165) is 48.4 Å². The van der Waals surface area contributed by atoms with Gasteiger partial charge in [-0.25, -0.2) is 0 Å². The molecule has 2 aliphatic rings. The summed E-state index contributed by atoms with van der Waals surface area (Å²) in [6, 6.07) is 20.0. The van der Waals surface area contributed by atoms with E-state index in [1.54, 1.807) is 0 Å². The molecule has 31 heavy (non-hydrogen) atoms. The Morgan fingerprint density at radius 1 is 1.06 bits per heavy atom. The van der Waals surface area contributed by atoms with Crippen LogP contribution < -0.4 is 5.32 Å². The first-order valence-corrected chi connectivity index (χ1v) is 11.9. The number of fused-ring (bicyclic) bond motifs is 1. The minimum atomic E-state index is 0.139. The molecule has 3 aromatic rings. The normalized spacial score (nSPS) is 21.3. The van der Waals surface area contributed by atoms with Crippen LogP contribution in [0.5, 0.6) is 0 Å². The number of hydrogen-bond acceptors (Lipinski definition) is 2. The number of nitrogens with zero attached hydrogens (tertiary/aromatic N) is 1. The number of benzene rings is 2. The van der Waals surface area contributed by atoms with Crippen molar-refractivity contribution >= 4 is 16.8 Å². The van der Waals surface area contributed by atoms with Crippen LogP contribution in [0.1, 0.15) is 73.0 Å². The maximum atomic E-state index is 13.4. The van der Waals surface area contributed by atoms with Crippen LogP contribution in [0.2, 0.25) is 0 Å². The average Bonchev–Trinajstić information content (AvgIpc) is 3.57. The Kier molecular flexibility index (Phi) is 5.82. The zero-order chi connectivity index (χ0) is 21.2. The number of carbonyl (C=O) groups is 1. The molecule has 2 saturated carbocycles. The maximum Gasteiger partial charge on any atom is 0.270 e. The minimum Gasteiger partial charge on any atom is -0.351 e. The van der Waals surface area contributed by atoms with Gasteiger partial charge >= 0.3 is 0 Å². The van der Waals surface area contributed by atoms with Crippen LogP contribution in [0.15, 0.2) is 54.6 Å². The fraction of sp³-hybridized carbons (Fsp3) is 0.444. The van der Waals surface area contributed by atoms with E-state index in [0.29, 0.717) is 12.1 Å². The molecule has 5 rings (SSSR count). The second-order valence-electron chi connectivity index (χ2n) is 9.28. The van der Waals surface area contributed by atoms with Crippen molar-refractivity contribution in [3.05, 3.63) is 71.4 Å². The Hall–Kier alpha value is -2.59. The summed E-state index contributed by atoms with van der Waals surface area (Å²) in [4.78, 5) is 18.9. The number of rotatable bonds is 7. The van der Waals surface area contributed by atoms with Crippen molar-refractivity contribution in [2.24, 2.45) is 0 Å². The van der Waals surface area contributed by atoms with E-state index < -0.39 is 0 Å². The van der Waals surface area contributed by atoms with Crippen molar-refractivity contribution in [2.45, 2.75) is 70.0 Å². The fourth-order valence-electron chi connectivity index (χ4n) is 5.15. The SMILES string of the molecule is CCN(C(=O)c1cc2cc(C3CC3)ccc2[nH]1)C1CCCC(NCc2ccccc2)C1. The Bertz CT molecular complexity index is 1040. The lowest BCUT2D eigenvalue weighted by Gasteiger charge is -2.37. The molecule has 0 aliphatic heterocycles. The highest BCUT2D eigenvalue weighted by Gasteiger charge is 2.30. The quantitative estimate of drug-likeness (QED) is 0.527.